The molecule has 10 aromatic carbocycles. The molecule has 0 bridgehead atoms. The smallest absolute Gasteiger partial charge is 0.872 e. The third-order valence-electron chi connectivity index (χ3n) is 13.4. The van der Waals surface area contributed by atoms with E-state index in [1.54, 1.807) is 24.3 Å². The summed E-state index contributed by atoms with van der Waals surface area (Å²) < 4.78 is 0. The van der Waals surface area contributed by atoms with E-state index in [1.165, 1.54) is 89.5 Å². The second-order valence-corrected chi connectivity index (χ2v) is 28.9. The predicted molar refractivity (Wildman–Crippen MR) is 348 cm³/mol. The molecule has 10 heteroatoms. The maximum absolute atomic E-state index is 10.3. The van der Waals surface area contributed by atoms with Crippen molar-refractivity contribution in [2.24, 2.45) is 0 Å². The molecule has 0 fully saturated rings. The molecule has 0 radical (unpaired) electrons. The second-order valence-electron chi connectivity index (χ2n) is 19.0. The van der Waals surface area contributed by atoms with Crippen LogP contribution in [0.25, 0.3) is 0 Å². The van der Waals surface area contributed by atoms with Crippen molar-refractivity contribution in [3.63, 3.8) is 0 Å². The molecule has 12 rings (SSSR count). The largest absolute Gasteiger partial charge is 2.00 e. The van der Waals surface area contributed by atoms with Crippen LogP contribution >= 0.6 is 31.7 Å². The van der Waals surface area contributed by atoms with Crippen LogP contribution < -0.4 is 62.6 Å². The van der Waals surface area contributed by atoms with Gasteiger partial charge in [0.05, 0.1) is 98.8 Å². The molecule has 0 aliphatic rings. The maximum atomic E-state index is 10.3. The molecule has 412 valence electrons. The Hall–Kier alpha value is -6.93. The SMILES string of the molecule is [Ni+2].[Ni+2].[O-]c1ccccc1.[O-]c1ccccc1.c1ccc([PH+](Cc2ccc(C[PH+](c3ccccc3)c3ccccc3)[n-]2)c2ccccc2)cc1.c1ccc([PH+](Cc2ccc(C[PH+](c3ccccc3)c3ccccc3)[n-]2)c2ccccc2)cc1. The molecule has 0 atom stereocenters. The molecule has 0 aliphatic heterocycles. The number of aromatic nitrogens is 2. The van der Waals surface area contributed by atoms with Crippen molar-refractivity contribution in [1.29, 1.82) is 0 Å². The first-order chi connectivity index (χ1) is 39.5. The van der Waals surface area contributed by atoms with Crippen LogP contribution in [0, 0.1) is 0 Å². The standard InChI is InChI=1S/2C30H26NP2.2C6H6O.2Ni/c2*1-5-13-27(14-6-1)32(28-15-7-2-8-16-28)23-25-21-22-26(31-25)24-33(29-17-9-3-10-18-29)30-19-11-4-12-20-30;2*7-6-4-2-1-3-5-6;;/h2*1-22H,23-24H2;2*1-5,7H;;/q2*-1;;;2*+2/p+2. The number of hydrogen-bond acceptors (Lipinski definition) is 2. The molecule has 4 nitrogen and oxygen atoms in total. The van der Waals surface area contributed by atoms with Crippen LogP contribution in [0.2, 0.25) is 0 Å². The van der Waals surface area contributed by atoms with E-state index in [0.717, 1.165) is 24.6 Å². The van der Waals surface area contributed by atoms with Crippen molar-refractivity contribution < 1.29 is 43.2 Å². The van der Waals surface area contributed by atoms with Gasteiger partial charge in [-0.2, -0.15) is 0 Å². The average Bonchev–Trinajstić information content (AvgIpc) is 4.24. The molecule has 0 amide bonds. The van der Waals surface area contributed by atoms with Crippen LogP contribution in [0.15, 0.2) is 328 Å². The van der Waals surface area contributed by atoms with E-state index < -0.39 is 31.7 Å². The number of hydrogen-bond donors (Lipinski definition) is 0. The summed E-state index contributed by atoms with van der Waals surface area (Å²) in [6.45, 7) is 0. The van der Waals surface area contributed by atoms with E-state index in [0.29, 0.717) is 0 Å². The Bertz CT molecular complexity index is 2980. The zero-order valence-corrected chi connectivity index (χ0v) is 51.3. The molecule has 0 saturated heterocycles. The van der Waals surface area contributed by atoms with E-state index in [-0.39, 0.29) is 44.5 Å². The Balaban J connectivity index is 0.000000187. The van der Waals surface area contributed by atoms with Crippen molar-refractivity contribution in [3.8, 4) is 11.5 Å². The second kappa shape index (κ2) is 34.5. The quantitative estimate of drug-likeness (QED) is 0.0714. The van der Waals surface area contributed by atoms with E-state index in [9.17, 15) is 10.2 Å². The molecule has 2 aromatic heterocycles. The molecule has 12 aromatic rings. The Labute approximate surface area is 510 Å². The topological polar surface area (TPSA) is 74.3 Å². The number of para-hydroxylation sites is 2. The van der Waals surface area contributed by atoms with Gasteiger partial charge >= 0.3 is 33.0 Å². The summed E-state index contributed by atoms with van der Waals surface area (Å²) in [5.41, 5.74) is 4.87. The van der Waals surface area contributed by atoms with Gasteiger partial charge in [-0.25, -0.2) is 0 Å². The summed E-state index contributed by atoms with van der Waals surface area (Å²) in [6, 6.07) is 113. The summed E-state index contributed by atoms with van der Waals surface area (Å²) >= 11 is 0. The van der Waals surface area contributed by atoms with Crippen LogP contribution in [-0.4, -0.2) is 0 Å². The van der Waals surface area contributed by atoms with Crippen LogP contribution in [0.4, 0.5) is 0 Å². The van der Waals surface area contributed by atoms with Gasteiger partial charge in [0, 0.05) is 0 Å². The molecule has 2 heterocycles. The van der Waals surface area contributed by atoms with Crippen LogP contribution in [0.5, 0.6) is 11.5 Å². The van der Waals surface area contributed by atoms with Gasteiger partial charge in [-0.15, -0.1) is 34.3 Å². The maximum Gasteiger partial charge on any atom is 2.00 e. The van der Waals surface area contributed by atoms with Crippen LogP contribution in [0.1, 0.15) is 22.8 Å². The Morgan fingerprint density at radius 2 is 0.329 bits per heavy atom. The van der Waals surface area contributed by atoms with Crippen molar-refractivity contribution in [3.05, 3.63) is 350 Å². The Kier molecular flexibility index (Phi) is 26.4. The molecule has 0 saturated carbocycles. The summed E-state index contributed by atoms with van der Waals surface area (Å²) in [5, 5.41) is 32.1. The predicted octanol–water partition coefficient (Wildman–Crippen LogP) is 12.3. The van der Waals surface area contributed by atoms with Gasteiger partial charge in [0.15, 0.2) is 0 Å². The minimum Gasteiger partial charge on any atom is -0.872 e. The van der Waals surface area contributed by atoms with Gasteiger partial charge in [-0.1, -0.05) is 231 Å². The van der Waals surface area contributed by atoms with Crippen molar-refractivity contribution in [2.45, 2.75) is 24.6 Å². The normalized spacial score (nSPS) is 10.5. The first kappa shape index (κ1) is 62.7. The van der Waals surface area contributed by atoms with Crippen LogP contribution in [0.3, 0.4) is 0 Å². The summed E-state index contributed by atoms with van der Waals surface area (Å²) in [6.07, 6.45) is 4.05. The minimum absolute atomic E-state index is 0. The van der Waals surface area contributed by atoms with E-state index in [4.69, 9.17) is 9.97 Å². The minimum atomic E-state index is -0.924. The fourth-order valence-corrected chi connectivity index (χ4v) is 19.4. The first-order valence-corrected chi connectivity index (χ1v) is 33.9. The van der Waals surface area contributed by atoms with Crippen molar-refractivity contribution in [2.75, 3.05) is 0 Å². The summed E-state index contributed by atoms with van der Waals surface area (Å²) in [5.74, 6) is 0.144. The van der Waals surface area contributed by atoms with E-state index in [1.807, 2.05) is 12.1 Å². The Morgan fingerprint density at radius 3 is 0.451 bits per heavy atom. The fraction of sp³-hybridized carbons (Fsp3) is 0.0556. The zero-order valence-electron chi connectivity index (χ0n) is 45.3. The molecule has 0 aliphatic carbocycles. The van der Waals surface area contributed by atoms with Crippen LogP contribution in [-0.2, 0) is 57.6 Å². The Morgan fingerprint density at radius 1 is 0.195 bits per heavy atom. The molecule has 82 heavy (non-hydrogen) atoms. The summed E-state index contributed by atoms with van der Waals surface area (Å²) in [7, 11) is -3.70. The molecule has 0 spiro atoms. The van der Waals surface area contributed by atoms with Gasteiger partial charge in [-0.05, 0) is 97.1 Å². The average molecular weight is 1230 g/mol. The monoisotopic (exact) mass is 1230 g/mol. The van der Waals surface area contributed by atoms with E-state index >= 15 is 0 Å². The van der Waals surface area contributed by atoms with Crippen molar-refractivity contribution in [1.82, 2.24) is 9.97 Å². The molecular formula is C72H66N2Ni2O2P4+4. The number of benzene rings is 10. The molecule has 0 N–H and O–H groups in total. The van der Waals surface area contributed by atoms with Gasteiger partial charge in [-0.3, -0.25) is 0 Å². The first-order valence-electron chi connectivity index (χ1n) is 27.1. The zero-order chi connectivity index (χ0) is 54.8. The molecular weight excluding hydrogens is 1170 g/mol. The van der Waals surface area contributed by atoms with Crippen molar-refractivity contribution >= 4 is 74.1 Å². The third-order valence-corrected chi connectivity index (χ3v) is 24.5. The van der Waals surface area contributed by atoms with Gasteiger partial charge < -0.3 is 20.2 Å². The summed E-state index contributed by atoms with van der Waals surface area (Å²) in [4.78, 5) is 10.3. The van der Waals surface area contributed by atoms with Gasteiger partial charge in [0.25, 0.3) is 0 Å². The molecule has 0 unspecified atom stereocenters. The van der Waals surface area contributed by atoms with E-state index in [2.05, 4.69) is 267 Å². The number of nitrogens with zero attached hydrogens (tertiary/aromatic N) is 2. The third kappa shape index (κ3) is 19.6. The van der Waals surface area contributed by atoms with Gasteiger partial charge in [0.2, 0.25) is 0 Å². The fourth-order valence-electron chi connectivity index (χ4n) is 9.46. The van der Waals surface area contributed by atoms with Gasteiger partial charge in [0.1, 0.15) is 0 Å². The number of rotatable bonds is 16.